The third-order valence-electron chi connectivity index (χ3n) is 6.82. The Hall–Kier alpha value is -3.70. The molecule has 0 radical (unpaired) electrons. The number of ketones is 1. The number of carbonyl (C=O) groups is 4. The molecule has 1 saturated carbocycles. The number of benzene rings is 1. The van der Waals surface area contributed by atoms with E-state index in [9.17, 15) is 36.7 Å². The van der Waals surface area contributed by atoms with Crippen molar-refractivity contribution in [2.75, 3.05) is 18.9 Å². The fourth-order valence-electron chi connectivity index (χ4n) is 4.80. The highest BCUT2D eigenvalue weighted by atomic mass is 19.3. The van der Waals surface area contributed by atoms with Gasteiger partial charge in [0.25, 0.3) is 17.6 Å². The largest absolute Gasteiger partial charge is 0.359 e. The van der Waals surface area contributed by atoms with Crippen LogP contribution in [-0.4, -0.2) is 47.6 Å². The molecule has 0 saturated heterocycles. The van der Waals surface area contributed by atoms with Gasteiger partial charge in [0.05, 0.1) is 5.56 Å². The minimum absolute atomic E-state index is 0.0111. The summed E-state index contributed by atoms with van der Waals surface area (Å²) in [5.74, 6) is -8.38. The van der Waals surface area contributed by atoms with Crippen LogP contribution in [0.2, 0.25) is 0 Å². The summed E-state index contributed by atoms with van der Waals surface area (Å²) in [5, 5.41) is 6.97. The van der Waals surface area contributed by atoms with Crippen molar-refractivity contribution >= 4 is 29.2 Å². The Bertz CT molecular complexity index is 1290. The molecule has 0 bridgehead atoms. The number of hydrogen-bond donors (Lipinski definition) is 3. The molecule has 1 aromatic carbocycles. The van der Waals surface area contributed by atoms with Crippen LogP contribution in [0.3, 0.4) is 0 Å². The number of hydrogen-bond acceptors (Lipinski definition) is 4. The molecule has 3 amide bonds. The van der Waals surface area contributed by atoms with Gasteiger partial charge in [0.15, 0.2) is 11.6 Å². The Balaban J connectivity index is 1.48. The molecule has 0 spiro atoms. The normalized spacial score (nSPS) is 17.6. The molecule has 1 aromatic heterocycles. The number of fused-ring (bicyclic) bond motifs is 3. The highest BCUT2D eigenvalue weighted by molar-refractivity contribution is 6.43. The van der Waals surface area contributed by atoms with Crippen molar-refractivity contribution in [1.82, 2.24) is 15.2 Å². The molecule has 2 aliphatic rings. The van der Waals surface area contributed by atoms with Gasteiger partial charge in [-0.2, -0.15) is 0 Å². The summed E-state index contributed by atoms with van der Waals surface area (Å²) in [6.45, 7) is 1.03. The van der Waals surface area contributed by atoms with Crippen LogP contribution in [-0.2, 0) is 16.0 Å². The molecule has 8 nitrogen and oxygen atoms in total. The average molecular weight is 522 g/mol. The Morgan fingerprint density at radius 1 is 1.11 bits per heavy atom. The van der Waals surface area contributed by atoms with E-state index in [2.05, 4.69) is 16.0 Å². The zero-order chi connectivity index (χ0) is 27.1. The van der Waals surface area contributed by atoms with E-state index in [1.54, 1.807) is 4.57 Å². The summed E-state index contributed by atoms with van der Waals surface area (Å²) in [7, 11) is 1.34. The van der Waals surface area contributed by atoms with Gasteiger partial charge in [-0.3, -0.25) is 19.2 Å². The number of Topliss-reactive ketones (excluding diaryl/α,β-unsaturated/α-hetero) is 1. The summed E-state index contributed by atoms with van der Waals surface area (Å²) < 4.78 is 56.5. The molecular weight excluding hydrogens is 496 g/mol. The summed E-state index contributed by atoms with van der Waals surface area (Å²) in [5.41, 5.74) is 0.974. The number of anilines is 1. The van der Waals surface area contributed by atoms with Crippen molar-refractivity contribution in [1.29, 1.82) is 0 Å². The monoisotopic (exact) mass is 522 g/mol. The molecule has 2 atom stereocenters. The van der Waals surface area contributed by atoms with E-state index in [4.69, 9.17) is 0 Å². The molecule has 4 rings (SSSR count). The molecule has 0 unspecified atom stereocenters. The first kappa shape index (κ1) is 26.4. The molecule has 12 heteroatoms. The van der Waals surface area contributed by atoms with Gasteiger partial charge < -0.3 is 20.5 Å². The summed E-state index contributed by atoms with van der Waals surface area (Å²) in [6.07, 6.45) is -0.526. The van der Waals surface area contributed by atoms with Crippen LogP contribution in [0, 0.1) is 24.5 Å². The molecule has 198 valence electrons. The van der Waals surface area contributed by atoms with Crippen LogP contribution in [0.25, 0.3) is 0 Å². The predicted molar refractivity (Wildman–Crippen MR) is 125 cm³/mol. The third-order valence-corrected chi connectivity index (χ3v) is 6.82. The van der Waals surface area contributed by atoms with E-state index in [1.165, 1.54) is 20.0 Å². The topological polar surface area (TPSA) is 109 Å². The van der Waals surface area contributed by atoms with Gasteiger partial charge in [0.1, 0.15) is 5.69 Å². The van der Waals surface area contributed by atoms with Crippen molar-refractivity contribution in [3.05, 3.63) is 52.3 Å². The molecule has 1 fully saturated rings. The summed E-state index contributed by atoms with van der Waals surface area (Å²) >= 11 is 0. The maximum absolute atomic E-state index is 14.0. The quantitative estimate of drug-likeness (QED) is 0.253. The molecule has 1 aliphatic carbocycles. The zero-order valence-corrected chi connectivity index (χ0v) is 20.2. The van der Waals surface area contributed by atoms with E-state index in [-0.39, 0.29) is 40.9 Å². The van der Waals surface area contributed by atoms with E-state index >= 15 is 0 Å². The van der Waals surface area contributed by atoms with Gasteiger partial charge in [-0.15, -0.1) is 0 Å². The van der Waals surface area contributed by atoms with Gasteiger partial charge >= 0.3 is 0 Å². The number of carbonyl (C=O) groups excluding carboxylic acids is 4. The van der Waals surface area contributed by atoms with Gasteiger partial charge in [-0.05, 0) is 43.4 Å². The summed E-state index contributed by atoms with van der Waals surface area (Å²) in [4.78, 5) is 49.9. The standard InChI is InChI=1S/C25H26F4N4O4/c1-12-20(22(35)24(37)31-8-7-25(28,29)6-5-19(34)30-2)18-10-13-9-17(13)33(18)21(12)23(36)32-14-3-4-15(26)16(27)11-14/h3-4,11,13,17H,5-10H2,1-2H3,(H,30,34)(H,31,37)(H,32,36)/t13-,17-/m1/s1. The number of halogens is 4. The lowest BCUT2D eigenvalue weighted by molar-refractivity contribution is -0.123. The molecular formula is C25H26F4N4O4. The maximum Gasteiger partial charge on any atom is 0.292 e. The molecule has 1 aliphatic heterocycles. The average Bonchev–Trinajstić information content (AvgIpc) is 3.42. The second-order valence-electron chi connectivity index (χ2n) is 9.38. The van der Waals surface area contributed by atoms with Gasteiger partial charge in [0.2, 0.25) is 11.8 Å². The third kappa shape index (κ3) is 5.37. The second-order valence-corrected chi connectivity index (χ2v) is 9.38. The lowest BCUT2D eigenvalue weighted by Crippen LogP contribution is -2.35. The highest BCUT2D eigenvalue weighted by Gasteiger charge is 2.50. The number of rotatable bonds is 10. The molecule has 3 N–H and O–H groups in total. The predicted octanol–water partition coefficient (Wildman–Crippen LogP) is 3.29. The fraction of sp³-hybridized carbons (Fsp3) is 0.440. The smallest absolute Gasteiger partial charge is 0.292 e. The van der Waals surface area contributed by atoms with Crippen LogP contribution in [0.15, 0.2) is 18.2 Å². The molecule has 37 heavy (non-hydrogen) atoms. The van der Waals surface area contributed by atoms with Gasteiger partial charge in [-0.25, -0.2) is 17.6 Å². The number of nitrogens with zero attached hydrogens (tertiary/aromatic N) is 1. The van der Waals surface area contributed by atoms with Crippen LogP contribution in [0.5, 0.6) is 0 Å². The first-order chi connectivity index (χ1) is 17.4. The summed E-state index contributed by atoms with van der Waals surface area (Å²) in [6, 6.07) is 2.89. The first-order valence-corrected chi connectivity index (χ1v) is 11.8. The van der Waals surface area contributed by atoms with Crippen molar-refractivity contribution in [2.24, 2.45) is 5.92 Å². The Kier molecular flexibility index (Phi) is 7.11. The Morgan fingerprint density at radius 2 is 1.84 bits per heavy atom. The lowest BCUT2D eigenvalue weighted by atomic mass is 10.0. The number of alkyl halides is 2. The second kappa shape index (κ2) is 9.98. The van der Waals surface area contributed by atoms with E-state index in [1.807, 2.05) is 0 Å². The minimum atomic E-state index is -3.21. The van der Waals surface area contributed by atoms with Crippen LogP contribution in [0.1, 0.15) is 63.8 Å². The van der Waals surface area contributed by atoms with Crippen molar-refractivity contribution < 1.29 is 36.7 Å². The van der Waals surface area contributed by atoms with E-state index in [0.717, 1.165) is 18.6 Å². The number of amides is 3. The highest BCUT2D eigenvalue weighted by Crippen LogP contribution is 2.54. The lowest BCUT2D eigenvalue weighted by Gasteiger charge is -2.16. The van der Waals surface area contributed by atoms with Crippen molar-refractivity contribution in [3.8, 4) is 0 Å². The number of aromatic nitrogens is 1. The van der Waals surface area contributed by atoms with Crippen molar-refractivity contribution in [2.45, 2.75) is 51.0 Å². The maximum atomic E-state index is 14.0. The fourth-order valence-corrected chi connectivity index (χ4v) is 4.80. The molecule has 2 heterocycles. The van der Waals surface area contributed by atoms with Crippen LogP contribution >= 0.6 is 0 Å². The van der Waals surface area contributed by atoms with Gasteiger partial charge in [0, 0.05) is 56.3 Å². The Morgan fingerprint density at radius 3 is 2.51 bits per heavy atom. The van der Waals surface area contributed by atoms with E-state index in [0.29, 0.717) is 12.1 Å². The van der Waals surface area contributed by atoms with Gasteiger partial charge in [-0.1, -0.05) is 0 Å². The zero-order valence-electron chi connectivity index (χ0n) is 20.2. The van der Waals surface area contributed by atoms with E-state index < -0.39 is 60.4 Å². The number of nitrogens with one attached hydrogen (secondary N) is 3. The SMILES string of the molecule is CNC(=O)CCC(F)(F)CCNC(=O)C(=O)c1c(C)c(C(=O)Nc2ccc(F)c(F)c2)n2c1C[C@H]1C[C@H]12. The first-order valence-electron chi connectivity index (χ1n) is 11.8. The molecule has 2 aromatic rings. The Labute approximate surface area is 209 Å². The minimum Gasteiger partial charge on any atom is -0.359 e. The van der Waals surface area contributed by atoms with Crippen LogP contribution in [0.4, 0.5) is 23.2 Å². The van der Waals surface area contributed by atoms with Crippen LogP contribution < -0.4 is 16.0 Å². The van der Waals surface area contributed by atoms with Crippen molar-refractivity contribution in [3.63, 3.8) is 0 Å².